The molecule has 0 radical (unpaired) electrons. The Morgan fingerprint density at radius 3 is 2.28 bits per heavy atom. The Morgan fingerprint density at radius 2 is 1.61 bits per heavy atom. The second kappa shape index (κ2) is 15.4. The number of aliphatic hydroxyl groups is 6. The van der Waals surface area contributed by atoms with Crippen LogP contribution < -0.4 is 4.74 Å². The third-order valence-electron chi connectivity index (χ3n) is 7.56. The largest absolute Gasteiger partial charge is 0.504 e. The van der Waals surface area contributed by atoms with E-state index in [2.05, 4.69) is 0 Å². The Bertz CT molecular complexity index is 1350. The van der Waals surface area contributed by atoms with E-state index in [9.17, 15) is 50.8 Å². The van der Waals surface area contributed by atoms with Crippen LogP contribution >= 0.6 is 0 Å². The molecule has 16 nitrogen and oxygen atoms in total. The molecule has 9 N–H and O–H groups in total. The second-order valence-electron chi connectivity index (χ2n) is 10.8. The van der Waals surface area contributed by atoms with Crippen LogP contribution in [0, 0.1) is 0 Å². The van der Waals surface area contributed by atoms with Crippen molar-refractivity contribution in [2.24, 2.45) is 0 Å². The standard InChI is InChI=1S/C30H38O16/c1-13-23(37)24(38)25(39)30(43-13)46-28-26(40)29(42-12-19(35)15-5-7-16(32)18(34)10-15)44-21(11-31)27(28)45-22(36)8-4-14-3-6-17(33)20(9-14)41-2/h3-10,13,19,21,23-35,37-40H,11-12H2,1-2H3. The summed E-state index contributed by atoms with van der Waals surface area (Å²) in [6.07, 6.45) is -14.7. The van der Waals surface area contributed by atoms with Crippen LogP contribution in [0.1, 0.15) is 24.2 Å². The quantitative estimate of drug-likeness (QED) is 0.0782. The molecule has 16 heteroatoms. The number of aliphatic hydroxyl groups excluding tert-OH is 6. The maximum atomic E-state index is 12.9. The molecule has 46 heavy (non-hydrogen) atoms. The van der Waals surface area contributed by atoms with Crippen LogP contribution in [-0.2, 0) is 28.5 Å². The number of carbonyl (C=O) groups excluding carboxylic acids is 1. The lowest BCUT2D eigenvalue weighted by molar-refractivity contribution is -0.358. The molecule has 0 bridgehead atoms. The normalized spacial score (nSPS) is 32.3. The summed E-state index contributed by atoms with van der Waals surface area (Å²) in [7, 11) is 1.35. The first-order chi connectivity index (χ1) is 21.8. The van der Waals surface area contributed by atoms with Gasteiger partial charge in [0.05, 0.1) is 26.4 Å². The zero-order chi connectivity index (χ0) is 33.7. The maximum Gasteiger partial charge on any atom is 0.331 e. The van der Waals surface area contributed by atoms with Gasteiger partial charge in [-0.1, -0.05) is 12.1 Å². The molecule has 11 unspecified atom stereocenters. The summed E-state index contributed by atoms with van der Waals surface area (Å²) in [5.41, 5.74) is 0.601. The topological polar surface area (TPSA) is 255 Å². The molecule has 2 aliphatic heterocycles. The van der Waals surface area contributed by atoms with Crippen molar-refractivity contribution in [1.82, 2.24) is 0 Å². The molecular formula is C30H38O16. The number of phenols is 3. The van der Waals surface area contributed by atoms with Crippen molar-refractivity contribution in [3.8, 4) is 23.0 Å². The van der Waals surface area contributed by atoms with E-state index < -0.39 is 98.2 Å². The van der Waals surface area contributed by atoms with Gasteiger partial charge in [0.25, 0.3) is 0 Å². The molecular weight excluding hydrogens is 616 g/mol. The van der Waals surface area contributed by atoms with Gasteiger partial charge in [-0.3, -0.25) is 0 Å². The van der Waals surface area contributed by atoms with Gasteiger partial charge in [0.15, 0.2) is 41.7 Å². The van der Waals surface area contributed by atoms with Crippen LogP contribution in [-0.4, -0.2) is 134 Å². The molecule has 0 aromatic heterocycles. The SMILES string of the molecule is COc1cc(C=CC(=O)OC2C(CO)OC(OCC(O)c3ccc(O)c(O)c3)C(O)C2OC2OC(C)C(O)C(O)C2O)ccc1O. The third-order valence-corrected chi connectivity index (χ3v) is 7.56. The van der Waals surface area contributed by atoms with Gasteiger partial charge in [0.2, 0.25) is 0 Å². The van der Waals surface area contributed by atoms with Crippen LogP contribution in [0.15, 0.2) is 42.5 Å². The first kappa shape index (κ1) is 35.3. The van der Waals surface area contributed by atoms with E-state index in [0.29, 0.717) is 5.56 Å². The van der Waals surface area contributed by atoms with E-state index in [1.807, 2.05) is 0 Å². The monoisotopic (exact) mass is 654 g/mol. The number of esters is 1. The Labute approximate surface area is 262 Å². The average Bonchev–Trinajstić information content (AvgIpc) is 3.04. The highest BCUT2D eigenvalue weighted by Gasteiger charge is 2.52. The smallest absolute Gasteiger partial charge is 0.331 e. The van der Waals surface area contributed by atoms with Crippen LogP contribution in [0.3, 0.4) is 0 Å². The predicted molar refractivity (Wildman–Crippen MR) is 153 cm³/mol. The van der Waals surface area contributed by atoms with Crippen molar-refractivity contribution in [2.45, 2.75) is 74.4 Å². The Balaban J connectivity index is 1.55. The minimum absolute atomic E-state index is 0.120. The van der Waals surface area contributed by atoms with Gasteiger partial charge in [-0.05, 0) is 48.4 Å². The molecule has 0 amide bonds. The summed E-state index contributed by atoms with van der Waals surface area (Å²) < 4.78 is 33.1. The molecule has 0 aliphatic carbocycles. The van der Waals surface area contributed by atoms with Crippen molar-refractivity contribution in [1.29, 1.82) is 0 Å². The lowest BCUT2D eigenvalue weighted by Gasteiger charge is -2.46. The zero-order valence-electron chi connectivity index (χ0n) is 24.8. The fourth-order valence-electron chi connectivity index (χ4n) is 4.92. The van der Waals surface area contributed by atoms with Crippen LogP contribution in [0.5, 0.6) is 23.0 Å². The number of methoxy groups -OCH3 is 1. The van der Waals surface area contributed by atoms with Crippen molar-refractivity contribution in [3.63, 3.8) is 0 Å². The number of phenolic OH excluding ortho intramolecular Hbond substituents is 3. The molecule has 254 valence electrons. The van der Waals surface area contributed by atoms with E-state index in [-0.39, 0.29) is 17.1 Å². The Morgan fingerprint density at radius 1 is 0.891 bits per heavy atom. The Kier molecular flexibility index (Phi) is 11.8. The summed E-state index contributed by atoms with van der Waals surface area (Å²) in [5, 5.41) is 91.9. The van der Waals surface area contributed by atoms with Crippen LogP contribution in [0.2, 0.25) is 0 Å². The molecule has 2 aliphatic rings. The van der Waals surface area contributed by atoms with Gasteiger partial charge < -0.3 is 74.4 Å². The van der Waals surface area contributed by atoms with Gasteiger partial charge in [-0.15, -0.1) is 0 Å². The number of hydrogen-bond acceptors (Lipinski definition) is 16. The molecule has 2 fully saturated rings. The predicted octanol–water partition coefficient (Wildman–Crippen LogP) is -1.22. The number of carbonyl (C=O) groups is 1. The molecule has 2 saturated heterocycles. The first-order valence-corrected chi connectivity index (χ1v) is 14.2. The summed E-state index contributed by atoms with van der Waals surface area (Å²) in [4.78, 5) is 12.9. The van der Waals surface area contributed by atoms with Crippen LogP contribution in [0.25, 0.3) is 6.08 Å². The van der Waals surface area contributed by atoms with Gasteiger partial charge in [0.1, 0.15) is 42.7 Å². The number of ether oxygens (including phenoxy) is 6. The number of hydrogen-bond donors (Lipinski definition) is 9. The molecule has 2 aromatic carbocycles. The van der Waals surface area contributed by atoms with Crippen LogP contribution in [0.4, 0.5) is 0 Å². The zero-order valence-corrected chi connectivity index (χ0v) is 24.8. The maximum absolute atomic E-state index is 12.9. The molecule has 0 saturated carbocycles. The highest BCUT2D eigenvalue weighted by Crippen LogP contribution is 2.33. The minimum Gasteiger partial charge on any atom is -0.504 e. The lowest BCUT2D eigenvalue weighted by Crippen LogP contribution is -2.65. The van der Waals surface area contributed by atoms with Gasteiger partial charge in [0, 0.05) is 6.08 Å². The number of benzene rings is 2. The molecule has 2 aromatic rings. The first-order valence-electron chi connectivity index (χ1n) is 14.2. The molecule has 2 heterocycles. The van der Waals surface area contributed by atoms with Crippen molar-refractivity contribution < 1.29 is 79.2 Å². The van der Waals surface area contributed by atoms with Gasteiger partial charge >= 0.3 is 5.97 Å². The van der Waals surface area contributed by atoms with Gasteiger partial charge in [-0.2, -0.15) is 0 Å². The van der Waals surface area contributed by atoms with Crippen molar-refractivity contribution in [3.05, 3.63) is 53.6 Å². The molecule has 0 spiro atoms. The minimum atomic E-state index is -1.82. The summed E-state index contributed by atoms with van der Waals surface area (Å²) >= 11 is 0. The van der Waals surface area contributed by atoms with E-state index in [1.54, 1.807) is 0 Å². The fourth-order valence-corrected chi connectivity index (χ4v) is 4.92. The number of rotatable bonds is 11. The van der Waals surface area contributed by atoms with E-state index >= 15 is 0 Å². The lowest BCUT2D eigenvalue weighted by atomic mass is 9.97. The van der Waals surface area contributed by atoms with E-state index in [1.165, 1.54) is 44.4 Å². The fraction of sp³-hybridized carbons (Fsp3) is 0.500. The van der Waals surface area contributed by atoms with Gasteiger partial charge in [-0.25, -0.2) is 4.79 Å². The van der Waals surface area contributed by atoms with E-state index in [0.717, 1.165) is 18.2 Å². The highest BCUT2D eigenvalue weighted by molar-refractivity contribution is 5.87. The number of aromatic hydroxyl groups is 3. The summed E-state index contributed by atoms with van der Waals surface area (Å²) in [6.45, 7) is 0.0934. The molecule has 11 atom stereocenters. The highest BCUT2D eigenvalue weighted by atomic mass is 16.7. The van der Waals surface area contributed by atoms with Crippen molar-refractivity contribution >= 4 is 12.0 Å². The Hall–Kier alpha value is -3.55. The second-order valence-corrected chi connectivity index (χ2v) is 10.8. The average molecular weight is 655 g/mol. The van der Waals surface area contributed by atoms with Crippen molar-refractivity contribution in [2.75, 3.05) is 20.3 Å². The summed E-state index contributed by atoms with van der Waals surface area (Å²) in [5.74, 6) is -1.85. The summed E-state index contributed by atoms with van der Waals surface area (Å²) in [6, 6.07) is 7.88. The molecule has 4 rings (SSSR count). The van der Waals surface area contributed by atoms with E-state index in [4.69, 9.17) is 28.4 Å². The third kappa shape index (κ3) is 8.05.